The number of piperidine rings is 1. The smallest absolute Gasteiger partial charge is 0.246 e. The molecule has 190 valence electrons. The number of benzene rings is 1. The van der Waals surface area contributed by atoms with Crippen LogP contribution in [0.2, 0.25) is 0 Å². The van der Waals surface area contributed by atoms with E-state index in [-0.39, 0.29) is 18.1 Å². The van der Waals surface area contributed by atoms with Crippen LogP contribution in [0.3, 0.4) is 0 Å². The Morgan fingerprint density at radius 2 is 1.83 bits per heavy atom. The molecule has 0 radical (unpaired) electrons. The third-order valence-corrected chi connectivity index (χ3v) is 7.05. The van der Waals surface area contributed by atoms with Crippen LogP contribution < -0.4 is 15.2 Å². The highest BCUT2D eigenvalue weighted by atomic mass is 16.5. The van der Waals surface area contributed by atoms with Gasteiger partial charge in [-0.15, -0.1) is 0 Å². The molecule has 1 aromatic carbocycles. The van der Waals surface area contributed by atoms with E-state index in [0.29, 0.717) is 30.4 Å². The van der Waals surface area contributed by atoms with E-state index in [0.717, 1.165) is 54.6 Å². The van der Waals surface area contributed by atoms with E-state index in [4.69, 9.17) is 15.2 Å². The van der Waals surface area contributed by atoms with Crippen molar-refractivity contribution in [3.63, 3.8) is 0 Å². The number of hydrogen-bond acceptors (Lipinski definition) is 8. The zero-order valence-corrected chi connectivity index (χ0v) is 20.6. The Bertz CT molecular complexity index is 1250. The molecule has 0 atom stereocenters. The number of likely N-dealkylation sites (tertiary alicyclic amines) is 2. The minimum absolute atomic E-state index is 0.00616. The summed E-state index contributed by atoms with van der Waals surface area (Å²) in [4.78, 5) is 25.5. The van der Waals surface area contributed by atoms with Crippen molar-refractivity contribution >= 4 is 22.8 Å². The van der Waals surface area contributed by atoms with Crippen LogP contribution in [0, 0.1) is 0 Å². The Morgan fingerprint density at radius 3 is 2.50 bits per heavy atom. The van der Waals surface area contributed by atoms with Crippen molar-refractivity contribution in [2.45, 2.75) is 25.0 Å². The number of nitrogens with zero attached hydrogens (tertiary/aromatic N) is 5. The van der Waals surface area contributed by atoms with Crippen molar-refractivity contribution in [3.8, 4) is 22.6 Å². The molecule has 2 aromatic heterocycles. The van der Waals surface area contributed by atoms with Crippen LogP contribution in [-0.4, -0.2) is 88.4 Å². The minimum Gasteiger partial charge on any atom is -0.497 e. The van der Waals surface area contributed by atoms with Gasteiger partial charge in [-0.1, -0.05) is 6.08 Å². The largest absolute Gasteiger partial charge is 0.497 e. The summed E-state index contributed by atoms with van der Waals surface area (Å²) >= 11 is 0. The molecule has 0 spiro atoms. The quantitative estimate of drug-likeness (QED) is 0.482. The average molecular weight is 493 g/mol. The van der Waals surface area contributed by atoms with Crippen molar-refractivity contribution in [2.24, 2.45) is 0 Å². The molecule has 4 heterocycles. The summed E-state index contributed by atoms with van der Waals surface area (Å²) < 4.78 is 13.0. The van der Waals surface area contributed by atoms with Crippen molar-refractivity contribution in [1.29, 1.82) is 0 Å². The third-order valence-electron chi connectivity index (χ3n) is 7.05. The molecule has 5 rings (SSSR count). The molecule has 10 heteroatoms. The summed E-state index contributed by atoms with van der Waals surface area (Å²) in [6, 6.07) is 5.76. The predicted octanol–water partition coefficient (Wildman–Crippen LogP) is 2.09. The number of rotatable bonds is 7. The number of methoxy groups -OCH3 is 2. The van der Waals surface area contributed by atoms with Crippen LogP contribution in [-0.2, 0) is 4.79 Å². The predicted molar refractivity (Wildman–Crippen MR) is 137 cm³/mol. The standard InChI is InChI=1S/C26H32N6O4/c1-35-20-10-17(11-21(12-20)36-2)22-15-32(26-24(22)25(27)28-16-29-26)18-13-31(14-18)23(34)4-3-7-30-8-5-19(33)6-9-30/h3-4,10-12,15-16,18-19,33H,5-9,13-14H2,1-2H3,(H2,27,28,29)/b4-3+. The number of ether oxygens (including phenoxy) is 2. The van der Waals surface area contributed by atoms with Gasteiger partial charge in [0, 0.05) is 56.6 Å². The third kappa shape index (κ3) is 4.74. The van der Waals surface area contributed by atoms with Crippen LogP contribution in [0.4, 0.5) is 5.82 Å². The average Bonchev–Trinajstić information content (AvgIpc) is 3.24. The van der Waals surface area contributed by atoms with Crippen molar-refractivity contribution < 1.29 is 19.4 Å². The van der Waals surface area contributed by atoms with Gasteiger partial charge in [0.1, 0.15) is 29.3 Å². The Hall–Kier alpha value is -3.63. The highest BCUT2D eigenvalue weighted by Gasteiger charge is 2.33. The van der Waals surface area contributed by atoms with Gasteiger partial charge in [0.05, 0.1) is 31.8 Å². The molecule has 2 saturated heterocycles. The Morgan fingerprint density at radius 1 is 1.14 bits per heavy atom. The van der Waals surface area contributed by atoms with E-state index >= 15 is 0 Å². The molecule has 3 aromatic rings. The Kier molecular flexibility index (Phi) is 6.80. The molecule has 10 nitrogen and oxygen atoms in total. The Balaban J connectivity index is 1.32. The van der Waals surface area contributed by atoms with Gasteiger partial charge < -0.3 is 29.8 Å². The molecule has 1 amide bonds. The number of carbonyl (C=O) groups excluding carboxylic acids is 1. The van der Waals surface area contributed by atoms with Gasteiger partial charge in [0.25, 0.3) is 0 Å². The second-order valence-electron chi connectivity index (χ2n) is 9.34. The van der Waals surface area contributed by atoms with E-state index in [1.54, 1.807) is 20.3 Å². The molecule has 0 unspecified atom stereocenters. The second kappa shape index (κ2) is 10.2. The maximum Gasteiger partial charge on any atom is 0.246 e. The summed E-state index contributed by atoms with van der Waals surface area (Å²) in [6.07, 6.45) is 8.45. The van der Waals surface area contributed by atoms with Crippen LogP contribution in [0.5, 0.6) is 11.5 Å². The van der Waals surface area contributed by atoms with Crippen molar-refractivity contribution in [3.05, 3.63) is 42.9 Å². The lowest BCUT2D eigenvalue weighted by molar-refractivity contribution is -0.131. The number of aromatic nitrogens is 3. The highest BCUT2D eigenvalue weighted by Crippen LogP contribution is 2.39. The van der Waals surface area contributed by atoms with E-state index in [2.05, 4.69) is 19.4 Å². The molecule has 3 N–H and O–H groups in total. The number of anilines is 1. The van der Waals surface area contributed by atoms with E-state index in [1.165, 1.54) is 6.33 Å². The monoisotopic (exact) mass is 492 g/mol. The van der Waals surface area contributed by atoms with Crippen molar-refractivity contribution in [2.75, 3.05) is 52.7 Å². The fourth-order valence-corrected chi connectivity index (χ4v) is 4.89. The topological polar surface area (TPSA) is 119 Å². The van der Waals surface area contributed by atoms with E-state index < -0.39 is 0 Å². The first-order valence-electron chi connectivity index (χ1n) is 12.2. The maximum atomic E-state index is 12.7. The zero-order chi connectivity index (χ0) is 25.2. The fraction of sp³-hybridized carbons (Fsp3) is 0.423. The summed E-state index contributed by atoms with van der Waals surface area (Å²) in [5.74, 6) is 1.75. The lowest BCUT2D eigenvalue weighted by Gasteiger charge is -2.39. The number of hydrogen-bond donors (Lipinski definition) is 2. The molecule has 2 aliphatic rings. The first-order valence-corrected chi connectivity index (χ1v) is 12.2. The van der Waals surface area contributed by atoms with Crippen molar-refractivity contribution in [1.82, 2.24) is 24.3 Å². The summed E-state index contributed by atoms with van der Waals surface area (Å²) in [5.41, 5.74) is 8.80. The SMILES string of the molecule is COc1cc(OC)cc(-c2cn(C3CN(C(=O)/C=C/CN4CCC(O)CC4)C3)c3ncnc(N)c23)c1. The van der Waals surface area contributed by atoms with Gasteiger partial charge in [-0.25, -0.2) is 9.97 Å². The van der Waals surface area contributed by atoms with Gasteiger partial charge in [0.15, 0.2) is 0 Å². The molecule has 0 bridgehead atoms. The van der Waals surface area contributed by atoms with E-state index in [1.807, 2.05) is 35.4 Å². The number of fused-ring (bicyclic) bond motifs is 1. The summed E-state index contributed by atoms with van der Waals surface area (Å²) in [7, 11) is 3.23. The summed E-state index contributed by atoms with van der Waals surface area (Å²) in [6.45, 7) is 3.63. The lowest BCUT2D eigenvalue weighted by atomic mass is 10.1. The lowest BCUT2D eigenvalue weighted by Crippen LogP contribution is -2.50. The minimum atomic E-state index is -0.193. The summed E-state index contributed by atoms with van der Waals surface area (Å²) in [5, 5.41) is 10.4. The first kappa shape index (κ1) is 24.1. The number of nitrogen functional groups attached to an aromatic ring is 1. The maximum absolute atomic E-state index is 12.7. The van der Waals surface area contributed by atoms with Crippen LogP contribution in [0.15, 0.2) is 42.9 Å². The molecule has 0 aliphatic carbocycles. The van der Waals surface area contributed by atoms with Gasteiger partial charge >= 0.3 is 0 Å². The first-order chi connectivity index (χ1) is 17.5. The fourth-order valence-electron chi connectivity index (χ4n) is 4.89. The molecule has 2 aliphatic heterocycles. The number of amides is 1. The second-order valence-corrected chi connectivity index (χ2v) is 9.34. The highest BCUT2D eigenvalue weighted by molar-refractivity contribution is 6.01. The van der Waals surface area contributed by atoms with Crippen LogP contribution in [0.25, 0.3) is 22.2 Å². The number of aliphatic hydroxyl groups excluding tert-OH is 1. The van der Waals surface area contributed by atoms with Crippen LogP contribution >= 0.6 is 0 Å². The molecule has 2 fully saturated rings. The van der Waals surface area contributed by atoms with Gasteiger partial charge in [-0.3, -0.25) is 9.69 Å². The van der Waals surface area contributed by atoms with E-state index in [9.17, 15) is 9.90 Å². The van der Waals surface area contributed by atoms with Gasteiger partial charge in [-0.05, 0) is 30.5 Å². The van der Waals surface area contributed by atoms with Gasteiger partial charge in [0.2, 0.25) is 5.91 Å². The molecule has 36 heavy (non-hydrogen) atoms. The number of aliphatic hydroxyl groups is 1. The number of carbonyl (C=O) groups is 1. The normalized spacial score (nSPS) is 17.6. The number of nitrogens with two attached hydrogens (primary N) is 1. The van der Waals surface area contributed by atoms with Gasteiger partial charge in [-0.2, -0.15) is 0 Å². The molecule has 0 saturated carbocycles. The Labute approximate surface area is 209 Å². The molecular formula is C26H32N6O4. The van der Waals surface area contributed by atoms with Crippen LogP contribution in [0.1, 0.15) is 18.9 Å². The zero-order valence-electron chi connectivity index (χ0n) is 20.6. The molecular weight excluding hydrogens is 460 g/mol.